The number of carboxylic acids is 1. The largest absolute Gasteiger partial charge is 0.478 e. The molecule has 11 heteroatoms. The summed E-state index contributed by atoms with van der Waals surface area (Å²) in [6, 6.07) is 0. The first-order valence-corrected chi connectivity index (χ1v) is 5.66. The summed E-state index contributed by atoms with van der Waals surface area (Å²) in [4.78, 5) is 16.4. The highest BCUT2D eigenvalue weighted by atomic mass is 19.4. The van der Waals surface area contributed by atoms with Gasteiger partial charge in [0.05, 0.1) is 11.3 Å². The minimum absolute atomic E-state index is 0.278. The van der Waals surface area contributed by atoms with E-state index in [1.807, 2.05) is 0 Å². The molecule has 0 bridgehead atoms. The monoisotopic (exact) mass is 334 g/mol. The molecule has 0 aromatic carbocycles. The Hall–Kier alpha value is -1.94. The van der Waals surface area contributed by atoms with Crippen molar-refractivity contribution < 1.29 is 40.6 Å². The summed E-state index contributed by atoms with van der Waals surface area (Å²) in [5.41, 5.74) is -1.24. The summed E-state index contributed by atoms with van der Waals surface area (Å²) in [6.07, 6.45) is -6.25. The Morgan fingerprint density at radius 3 is 2.00 bits per heavy atom. The van der Waals surface area contributed by atoms with Gasteiger partial charge in [0.15, 0.2) is 0 Å². The third-order valence-corrected chi connectivity index (χ3v) is 2.63. The zero-order chi connectivity index (χ0) is 17.5. The molecule has 4 nitrogen and oxygen atoms in total. The fraction of sp³-hybridized carbons (Fsp3) is 0.545. The molecule has 0 saturated heterocycles. The molecule has 0 saturated carbocycles. The number of alkyl halides is 7. The van der Waals surface area contributed by atoms with E-state index in [2.05, 4.69) is 9.97 Å². The first-order valence-electron chi connectivity index (χ1n) is 5.66. The Balaban J connectivity index is 3.50. The molecule has 0 fully saturated rings. The Morgan fingerprint density at radius 2 is 1.64 bits per heavy atom. The standard InChI is InChI=1S/C11H9F7N2O2/c1-4(2)6-5(7(21)22)3-19-8(20-6)9(12,13)10(14,15)11(16,17)18/h3-4H,1-2H3,(H,21,22). The smallest absolute Gasteiger partial charge is 0.460 e. The van der Waals surface area contributed by atoms with Crippen molar-refractivity contribution in [2.45, 2.75) is 37.8 Å². The zero-order valence-electron chi connectivity index (χ0n) is 11.1. The van der Waals surface area contributed by atoms with E-state index in [1.54, 1.807) is 0 Å². The molecular formula is C11H9F7N2O2. The van der Waals surface area contributed by atoms with Gasteiger partial charge < -0.3 is 5.11 Å². The average molecular weight is 334 g/mol. The molecule has 0 aliphatic carbocycles. The summed E-state index contributed by atoms with van der Waals surface area (Å²) in [5, 5.41) is 8.80. The van der Waals surface area contributed by atoms with Crippen LogP contribution in [-0.4, -0.2) is 33.1 Å². The molecule has 22 heavy (non-hydrogen) atoms. The van der Waals surface area contributed by atoms with Crippen molar-refractivity contribution in [3.05, 3.63) is 23.3 Å². The highest BCUT2D eigenvalue weighted by Crippen LogP contribution is 2.50. The van der Waals surface area contributed by atoms with Crippen molar-refractivity contribution in [2.75, 3.05) is 0 Å². The van der Waals surface area contributed by atoms with Gasteiger partial charge >= 0.3 is 24.0 Å². The van der Waals surface area contributed by atoms with Gasteiger partial charge in [0.25, 0.3) is 0 Å². The van der Waals surface area contributed by atoms with Gasteiger partial charge in [0.1, 0.15) is 0 Å². The SMILES string of the molecule is CC(C)c1nc(C(F)(F)C(F)(F)C(F)(F)F)ncc1C(=O)O. The average Bonchev–Trinajstić information content (AvgIpc) is 2.36. The van der Waals surface area contributed by atoms with E-state index in [1.165, 1.54) is 13.8 Å². The Kier molecular flexibility index (Phi) is 4.41. The van der Waals surface area contributed by atoms with Crippen molar-refractivity contribution >= 4 is 5.97 Å². The summed E-state index contributed by atoms with van der Waals surface area (Å²) >= 11 is 0. The number of aromatic carboxylic acids is 1. The fourth-order valence-electron chi connectivity index (χ4n) is 1.47. The molecule has 1 heterocycles. The van der Waals surface area contributed by atoms with Crippen LogP contribution >= 0.6 is 0 Å². The van der Waals surface area contributed by atoms with Gasteiger partial charge in [-0.2, -0.15) is 30.7 Å². The van der Waals surface area contributed by atoms with E-state index in [-0.39, 0.29) is 6.20 Å². The van der Waals surface area contributed by atoms with Crippen molar-refractivity contribution in [3.63, 3.8) is 0 Å². The number of hydrogen-bond acceptors (Lipinski definition) is 3. The van der Waals surface area contributed by atoms with Crippen LogP contribution in [0.1, 0.15) is 41.6 Å². The number of rotatable bonds is 4. The van der Waals surface area contributed by atoms with E-state index in [9.17, 15) is 35.5 Å². The van der Waals surface area contributed by atoms with Gasteiger partial charge in [0.2, 0.25) is 5.82 Å². The molecule has 1 rings (SSSR count). The number of nitrogens with zero attached hydrogens (tertiary/aromatic N) is 2. The molecule has 0 amide bonds. The van der Waals surface area contributed by atoms with Crippen LogP contribution in [0.25, 0.3) is 0 Å². The second-order valence-electron chi connectivity index (χ2n) is 4.60. The first kappa shape index (κ1) is 18.1. The third-order valence-electron chi connectivity index (χ3n) is 2.63. The summed E-state index contributed by atoms with van der Waals surface area (Å²) < 4.78 is 89.1. The molecule has 1 aromatic heterocycles. The summed E-state index contributed by atoms with van der Waals surface area (Å²) in [7, 11) is 0. The maximum Gasteiger partial charge on any atom is 0.460 e. The van der Waals surface area contributed by atoms with E-state index < -0.39 is 47.0 Å². The highest BCUT2D eigenvalue weighted by molar-refractivity contribution is 5.88. The lowest BCUT2D eigenvalue weighted by Crippen LogP contribution is -2.50. The predicted octanol–water partition coefficient (Wildman–Crippen LogP) is 3.59. The fourth-order valence-corrected chi connectivity index (χ4v) is 1.47. The molecule has 1 aromatic rings. The Labute approximate surface area is 119 Å². The molecule has 1 N–H and O–H groups in total. The van der Waals surface area contributed by atoms with E-state index in [0.717, 1.165) is 0 Å². The number of carboxylic acid groups (broad SMARTS) is 1. The third kappa shape index (κ3) is 2.83. The van der Waals surface area contributed by atoms with Crippen molar-refractivity contribution in [2.24, 2.45) is 0 Å². The van der Waals surface area contributed by atoms with Crippen LogP contribution in [0.3, 0.4) is 0 Å². The number of carbonyl (C=O) groups is 1. The van der Waals surface area contributed by atoms with Gasteiger partial charge in [-0.15, -0.1) is 0 Å². The minimum Gasteiger partial charge on any atom is -0.478 e. The van der Waals surface area contributed by atoms with Crippen LogP contribution in [0, 0.1) is 0 Å². The maximum atomic E-state index is 13.5. The molecular weight excluding hydrogens is 325 g/mol. The van der Waals surface area contributed by atoms with Gasteiger partial charge in [-0.3, -0.25) is 0 Å². The zero-order valence-corrected chi connectivity index (χ0v) is 11.1. The number of aromatic nitrogens is 2. The van der Waals surface area contributed by atoms with Crippen molar-refractivity contribution in [1.82, 2.24) is 9.97 Å². The van der Waals surface area contributed by atoms with E-state index in [0.29, 0.717) is 0 Å². The quantitative estimate of drug-likeness (QED) is 0.855. The summed E-state index contributed by atoms with van der Waals surface area (Å²) in [5.74, 6) is -16.7. The van der Waals surface area contributed by atoms with Crippen molar-refractivity contribution in [1.29, 1.82) is 0 Å². The molecule has 0 spiro atoms. The number of hydrogen-bond donors (Lipinski definition) is 1. The molecule has 0 aliphatic heterocycles. The van der Waals surface area contributed by atoms with Crippen LogP contribution in [0.5, 0.6) is 0 Å². The Bertz CT molecular complexity index is 584. The lowest BCUT2D eigenvalue weighted by Gasteiger charge is -2.27. The van der Waals surface area contributed by atoms with Crippen LogP contribution < -0.4 is 0 Å². The Morgan fingerprint density at radius 1 is 1.14 bits per heavy atom. The van der Waals surface area contributed by atoms with Gasteiger partial charge in [-0.05, 0) is 5.92 Å². The lowest BCUT2D eigenvalue weighted by molar-refractivity contribution is -0.361. The van der Waals surface area contributed by atoms with Crippen LogP contribution in [-0.2, 0) is 5.92 Å². The second kappa shape index (κ2) is 5.36. The van der Waals surface area contributed by atoms with Gasteiger partial charge in [-0.1, -0.05) is 13.8 Å². The molecule has 0 aliphatic rings. The summed E-state index contributed by atoms with van der Waals surface area (Å²) in [6.45, 7) is 2.61. The van der Waals surface area contributed by atoms with Crippen molar-refractivity contribution in [3.8, 4) is 0 Å². The highest BCUT2D eigenvalue weighted by Gasteiger charge is 2.75. The number of halogens is 7. The van der Waals surface area contributed by atoms with E-state index in [4.69, 9.17) is 5.11 Å². The first-order chi connectivity index (χ1) is 9.73. The molecule has 0 atom stereocenters. The van der Waals surface area contributed by atoms with Gasteiger partial charge in [0, 0.05) is 6.20 Å². The normalized spacial score (nSPS) is 13.5. The maximum absolute atomic E-state index is 13.5. The molecule has 124 valence electrons. The molecule has 0 radical (unpaired) electrons. The van der Waals surface area contributed by atoms with Crippen LogP contribution in [0.2, 0.25) is 0 Å². The van der Waals surface area contributed by atoms with Crippen LogP contribution in [0.15, 0.2) is 6.20 Å². The van der Waals surface area contributed by atoms with E-state index >= 15 is 0 Å². The molecule has 0 unspecified atom stereocenters. The van der Waals surface area contributed by atoms with Crippen LogP contribution in [0.4, 0.5) is 30.7 Å². The lowest BCUT2D eigenvalue weighted by atomic mass is 10.0. The second-order valence-corrected chi connectivity index (χ2v) is 4.60. The van der Waals surface area contributed by atoms with Gasteiger partial charge in [-0.25, -0.2) is 14.8 Å². The predicted molar refractivity (Wildman–Crippen MR) is 58.0 cm³/mol. The minimum atomic E-state index is -6.52. The topological polar surface area (TPSA) is 63.1 Å².